The van der Waals surface area contributed by atoms with E-state index in [1.54, 1.807) is 0 Å². The van der Waals surface area contributed by atoms with E-state index in [2.05, 4.69) is 26.1 Å². The van der Waals surface area contributed by atoms with E-state index in [0.29, 0.717) is 5.41 Å². The van der Waals surface area contributed by atoms with Crippen molar-refractivity contribution in [3.8, 4) is 0 Å². The largest absolute Gasteiger partial charge is 0.381 e. The third-order valence-electron chi connectivity index (χ3n) is 4.90. The molecule has 1 heterocycles. The average molecular weight is 253 g/mol. The molecular formula is C16H31NO. The first-order valence-corrected chi connectivity index (χ1v) is 7.87. The molecule has 0 aromatic rings. The van der Waals surface area contributed by atoms with Crippen molar-refractivity contribution >= 4 is 0 Å². The summed E-state index contributed by atoms with van der Waals surface area (Å²) in [6, 6.07) is 0.769. The van der Waals surface area contributed by atoms with Crippen molar-refractivity contribution in [3.05, 3.63) is 0 Å². The van der Waals surface area contributed by atoms with Gasteiger partial charge in [0.15, 0.2) is 0 Å². The molecule has 1 atom stereocenters. The highest BCUT2D eigenvalue weighted by Gasteiger charge is 2.29. The van der Waals surface area contributed by atoms with E-state index < -0.39 is 0 Å². The van der Waals surface area contributed by atoms with Crippen molar-refractivity contribution in [1.29, 1.82) is 0 Å². The fraction of sp³-hybridized carbons (Fsp3) is 1.00. The van der Waals surface area contributed by atoms with Gasteiger partial charge in [0.1, 0.15) is 0 Å². The first kappa shape index (κ1) is 14.3. The second-order valence-electron chi connectivity index (χ2n) is 7.41. The Bertz CT molecular complexity index is 232. The molecule has 1 saturated heterocycles. The Morgan fingerprint density at radius 2 is 1.78 bits per heavy atom. The standard InChI is InChI=1S/C16H31NO/c1-16(2,3)14-6-8-15(9-7-14)17-11-13-5-4-10-18-12-13/h13-15,17H,4-12H2,1-3H3. The van der Waals surface area contributed by atoms with Crippen molar-refractivity contribution in [1.82, 2.24) is 5.32 Å². The van der Waals surface area contributed by atoms with Gasteiger partial charge in [-0.05, 0) is 55.8 Å². The van der Waals surface area contributed by atoms with Crippen molar-refractivity contribution in [2.24, 2.45) is 17.3 Å². The minimum absolute atomic E-state index is 0.502. The van der Waals surface area contributed by atoms with Crippen LogP contribution in [0.1, 0.15) is 59.3 Å². The van der Waals surface area contributed by atoms with Crippen LogP contribution in [-0.4, -0.2) is 25.8 Å². The molecule has 0 aromatic carbocycles. The Morgan fingerprint density at radius 1 is 1.06 bits per heavy atom. The summed E-state index contributed by atoms with van der Waals surface area (Å²) < 4.78 is 5.54. The molecule has 0 bridgehead atoms. The van der Waals surface area contributed by atoms with Gasteiger partial charge in [-0.2, -0.15) is 0 Å². The SMILES string of the molecule is CC(C)(C)C1CCC(NCC2CCCOC2)CC1. The van der Waals surface area contributed by atoms with Gasteiger partial charge >= 0.3 is 0 Å². The second-order valence-corrected chi connectivity index (χ2v) is 7.41. The first-order chi connectivity index (χ1) is 8.55. The van der Waals surface area contributed by atoms with E-state index in [1.807, 2.05) is 0 Å². The average Bonchev–Trinajstić information content (AvgIpc) is 2.37. The van der Waals surface area contributed by atoms with Gasteiger partial charge in [-0.25, -0.2) is 0 Å². The van der Waals surface area contributed by atoms with Crippen molar-refractivity contribution in [3.63, 3.8) is 0 Å². The van der Waals surface area contributed by atoms with Crippen LogP contribution < -0.4 is 5.32 Å². The zero-order valence-electron chi connectivity index (χ0n) is 12.5. The first-order valence-electron chi connectivity index (χ1n) is 7.87. The monoisotopic (exact) mass is 253 g/mol. The predicted octanol–water partition coefficient (Wildman–Crippen LogP) is 3.61. The zero-order chi connectivity index (χ0) is 13.0. The lowest BCUT2D eigenvalue weighted by atomic mass is 9.71. The van der Waals surface area contributed by atoms with Gasteiger partial charge in [-0.15, -0.1) is 0 Å². The molecule has 2 rings (SSSR count). The fourth-order valence-corrected chi connectivity index (χ4v) is 3.47. The van der Waals surface area contributed by atoms with Crippen molar-refractivity contribution in [2.45, 2.75) is 65.3 Å². The Labute approximate surface area is 113 Å². The van der Waals surface area contributed by atoms with E-state index in [9.17, 15) is 0 Å². The molecule has 2 aliphatic rings. The Kier molecular flexibility index (Phi) is 5.08. The fourth-order valence-electron chi connectivity index (χ4n) is 3.47. The molecule has 1 aliphatic heterocycles. The van der Waals surface area contributed by atoms with Crippen LogP contribution in [0.15, 0.2) is 0 Å². The van der Waals surface area contributed by atoms with Gasteiger partial charge in [0, 0.05) is 19.2 Å². The quantitative estimate of drug-likeness (QED) is 0.829. The molecule has 1 aliphatic carbocycles. The van der Waals surface area contributed by atoms with Gasteiger partial charge in [-0.3, -0.25) is 0 Å². The van der Waals surface area contributed by atoms with Crippen LogP contribution >= 0.6 is 0 Å². The predicted molar refractivity (Wildman–Crippen MR) is 76.7 cm³/mol. The number of ether oxygens (including phenoxy) is 1. The second kappa shape index (κ2) is 6.38. The summed E-state index contributed by atoms with van der Waals surface area (Å²) in [7, 11) is 0. The van der Waals surface area contributed by atoms with Crippen LogP contribution in [0.3, 0.4) is 0 Å². The van der Waals surface area contributed by atoms with Crippen LogP contribution in [0.4, 0.5) is 0 Å². The lowest BCUT2D eigenvalue weighted by molar-refractivity contribution is 0.0523. The molecule has 106 valence electrons. The maximum atomic E-state index is 5.54. The number of hydrogen-bond acceptors (Lipinski definition) is 2. The maximum Gasteiger partial charge on any atom is 0.0506 e. The van der Waals surface area contributed by atoms with Gasteiger partial charge < -0.3 is 10.1 Å². The molecule has 2 nitrogen and oxygen atoms in total. The minimum atomic E-state index is 0.502. The summed E-state index contributed by atoms with van der Waals surface area (Å²) in [5.41, 5.74) is 0.502. The molecule has 1 unspecified atom stereocenters. The zero-order valence-corrected chi connectivity index (χ0v) is 12.5. The highest BCUT2D eigenvalue weighted by molar-refractivity contribution is 4.83. The normalized spacial score (nSPS) is 34.5. The van der Waals surface area contributed by atoms with E-state index in [4.69, 9.17) is 4.74 Å². The molecule has 1 N–H and O–H groups in total. The molecule has 1 saturated carbocycles. The molecule has 0 amide bonds. The number of hydrogen-bond donors (Lipinski definition) is 1. The topological polar surface area (TPSA) is 21.3 Å². The molecule has 18 heavy (non-hydrogen) atoms. The van der Waals surface area contributed by atoms with Crippen LogP contribution in [0.25, 0.3) is 0 Å². The van der Waals surface area contributed by atoms with Crippen LogP contribution in [-0.2, 0) is 4.74 Å². The van der Waals surface area contributed by atoms with Crippen molar-refractivity contribution < 1.29 is 4.74 Å². The summed E-state index contributed by atoms with van der Waals surface area (Å²) in [6.07, 6.45) is 8.16. The summed E-state index contributed by atoms with van der Waals surface area (Å²) in [5.74, 6) is 1.69. The Balaban J connectivity index is 1.64. The number of rotatable bonds is 3. The third kappa shape index (κ3) is 4.24. The summed E-state index contributed by atoms with van der Waals surface area (Å²) in [4.78, 5) is 0. The van der Waals surface area contributed by atoms with Gasteiger partial charge in [0.2, 0.25) is 0 Å². The van der Waals surface area contributed by atoms with Crippen LogP contribution in [0.5, 0.6) is 0 Å². The minimum Gasteiger partial charge on any atom is -0.381 e. The Hall–Kier alpha value is -0.0800. The maximum absolute atomic E-state index is 5.54. The lowest BCUT2D eigenvalue weighted by Gasteiger charge is -2.37. The molecule has 0 spiro atoms. The summed E-state index contributed by atoms with van der Waals surface area (Å²) in [5, 5.41) is 3.78. The Morgan fingerprint density at radius 3 is 2.33 bits per heavy atom. The van der Waals surface area contributed by atoms with Gasteiger partial charge in [0.25, 0.3) is 0 Å². The highest BCUT2D eigenvalue weighted by Crippen LogP contribution is 2.37. The van der Waals surface area contributed by atoms with Gasteiger partial charge in [0.05, 0.1) is 6.61 Å². The third-order valence-corrected chi connectivity index (χ3v) is 4.90. The van der Waals surface area contributed by atoms with E-state index in [-0.39, 0.29) is 0 Å². The molecule has 0 aromatic heterocycles. The summed E-state index contributed by atoms with van der Waals surface area (Å²) >= 11 is 0. The van der Waals surface area contributed by atoms with E-state index in [1.165, 1.54) is 45.1 Å². The molecule has 0 radical (unpaired) electrons. The highest BCUT2D eigenvalue weighted by atomic mass is 16.5. The number of nitrogens with one attached hydrogen (secondary N) is 1. The van der Waals surface area contributed by atoms with Crippen molar-refractivity contribution in [2.75, 3.05) is 19.8 Å². The van der Waals surface area contributed by atoms with E-state index in [0.717, 1.165) is 31.1 Å². The molecular weight excluding hydrogens is 222 g/mol. The van der Waals surface area contributed by atoms with Gasteiger partial charge in [-0.1, -0.05) is 20.8 Å². The molecule has 2 heteroatoms. The lowest BCUT2D eigenvalue weighted by Crippen LogP contribution is -2.39. The smallest absolute Gasteiger partial charge is 0.0506 e. The van der Waals surface area contributed by atoms with E-state index >= 15 is 0 Å². The summed E-state index contributed by atoms with van der Waals surface area (Å²) in [6.45, 7) is 10.3. The van der Waals surface area contributed by atoms with Crippen LogP contribution in [0.2, 0.25) is 0 Å². The molecule has 2 fully saturated rings. The van der Waals surface area contributed by atoms with Crippen LogP contribution in [0, 0.1) is 17.3 Å².